The van der Waals surface area contributed by atoms with Crippen molar-refractivity contribution in [2.24, 2.45) is 0 Å². The molecule has 0 spiro atoms. The normalized spacial score (nSPS) is 21.2. The molecule has 52 heavy (non-hydrogen) atoms. The predicted molar refractivity (Wildman–Crippen MR) is 191 cm³/mol. The molecule has 2 aromatic rings. The lowest BCUT2D eigenvalue weighted by atomic mass is 10.2. The van der Waals surface area contributed by atoms with Crippen LogP contribution in [0.4, 0.5) is 0 Å². The molecule has 3 rings (SSSR count). The predicted octanol–water partition coefficient (Wildman–Crippen LogP) is 0.0388. The van der Waals surface area contributed by atoms with Gasteiger partial charge in [0.05, 0.1) is 28.4 Å². The van der Waals surface area contributed by atoms with Gasteiger partial charge in [0, 0.05) is 23.0 Å². The van der Waals surface area contributed by atoms with Gasteiger partial charge >= 0.3 is 23.9 Å². The number of amides is 4. The Bertz CT molecular complexity index is 1440. The van der Waals surface area contributed by atoms with Gasteiger partial charge in [0.15, 0.2) is 0 Å². The highest BCUT2D eigenvalue weighted by molar-refractivity contribution is 8.77. The molecule has 1 aliphatic rings. The second-order valence-corrected chi connectivity index (χ2v) is 15.3. The molecule has 280 valence electrons. The molecular weight excluding hydrogens is 765 g/mol. The van der Waals surface area contributed by atoms with E-state index in [-0.39, 0.29) is 45.8 Å². The number of carbonyl (C=O) groups is 8. The Labute approximate surface area is 312 Å². The third kappa shape index (κ3) is 12.3. The molecule has 4 N–H and O–H groups in total. The molecule has 2 aromatic heterocycles. The van der Waals surface area contributed by atoms with Crippen molar-refractivity contribution in [2.75, 3.05) is 51.5 Å². The number of carbonyl (C=O) groups excluding carboxylic acids is 8. The Morgan fingerprint density at radius 3 is 0.885 bits per heavy atom. The van der Waals surface area contributed by atoms with E-state index in [4.69, 9.17) is 18.9 Å². The van der Waals surface area contributed by atoms with E-state index in [9.17, 15) is 38.4 Å². The first-order valence-electron chi connectivity index (χ1n) is 14.9. The Hall–Kier alpha value is -4.54. The molecule has 3 heterocycles. The summed E-state index contributed by atoms with van der Waals surface area (Å²) in [6, 6.07) is 3.27. The first-order chi connectivity index (χ1) is 24.9. The fourth-order valence-corrected chi connectivity index (χ4v) is 8.61. The van der Waals surface area contributed by atoms with Gasteiger partial charge in [0.1, 0.15) is 46.9 Å². The third-order valence-electron chi connectivity index (χ3n) is 6.70. The standard InChI is InChI=1S/C30H34N6O12S4/c1-45-27(41)19-11-49-50-12-20(28(42)46-2)34-25(39)17-9-6-10-18(32-17)26(40)36-22(30(44)48-4)14-52-51-13-21(29(43)47-3)35-24(38)16-8-5-7-15(31-16)23(37)33-19/h5-10,19-22H,11-14H2,1-4H3,(H,33,37)(H,34,39)(H,35,38)(H,36,40)/t19-,20?,21?,22-/m0/s1. The highest BCUT2D eigenvalue weighted by atomic mass is 33.1. The van der Waals surface area contributed by atoms with Crippen molar-refractivity contribution in [3.63, 3.8) is 0 Å². The lowest BCUT2D eigenvalue weighted by Crippen LogP contribution is -2.45. The van der Waals surface area contributed by atoms with Gasteiger partial charge in [0.2, 0.25) is 0 Å². The summed E-state index contributed by atoms with van der Waals surface area (Å²) in [5.74, 6) is -6.58. The third-order valence-corrected chi connectivity index (χ3v) is 11.5. The number of aromatic nitrogens is 2. The number of ether oxygens (including phenoxy) is 4. The van der Waals surface area contributed by atoms with Gasteiger partial charge in [-0.3, -0.25) is 19.2 Å². The number of rotatable bonds is 4. The number of fused-ring (bicyclic) bond motifs is 4. The number of nitrogens with zero attached hydrogens (tertiary/aromatic N) is 2. The molecule has 0 saturated carbocycles. The molecule has 1 aliphatic heterocycles. The second kappa shape index (κ2) is 21.1. The van der Waals surface area contributed by atoms with Crippen LogP contribution in [-0.4, -0.2) is 133 Å². The molecule has 22 heteroatoms. The van der Waals surface area contributed by atoms with Crippen LogP contribution in [0.5, 0.6) is 0 Å². The fraction of sp³-hybridized carbons (Fsp3) is 0.400. The van der Waals surface area contributed by atoms with Gasteiger partial charge in [-0.25, -0.2) is 29.1 Å². The van der Waals surface area contributed by atoms with E-state index < -0.39 is 71.7 Å². The number of pyridine rings is 2. The minimum atomic E-state index is -1.19. The zero-order valence-corrected chi connectivity index (χ0v) is 31.3. The summed E-state index contributed by atoms with van der Waals surface area (Å²) < 4.78 is 19.3. The molecule has 0 aliphatic carbocycles. The van der Waals surface area contributed by atoms with E-state index in [1.165, 1.54) is 36.4 Å². The summed E-state index contributed by atoms with van der Waals surface area (Å²) in [4.78, 5) is 111. The number of hydrogen-bond donors (Lipinski definition) is 4. The van der Waals surface area contributed by atoms with Crippen molar-refractivity contribution in [2.45, 2.75) is 24.2 Å². The average Bonchev–Trinajstić information content (AvgIpc) is 3.17. The number of hydrogen-bond acceptors (Lipinski definition) is 18. The van der Waals surface area contributed by atoms with Crippen molar-refractivity contribution in [3.8, 4) is 0 Å². The van der Waals surface area contributed by atoms with Gasteiger partial charge < -0.3 is 40.2 Å². The van der Waals surface area contributed by atoms with Crippen molar-refractivity contribution in [1.29, 1.82) is 0 Å². The van der Waals surface area contributed by atoms with Crippen LogP contribution in [0.3, 0.4) is 0 Å². The van der Waals surface area contributed by atoms with Crippen LogP contribution in [-0.2, 0) is 38.1 Å². The van der Waals surface area contributed by atoms with Gasteiger partial charge in [-0.15, -0.1) is 0 Å². The van der Waals surface area contributed by atoms with Crippen LogP contribution < -0.4 is 21.3 Å². The first kappa shape index (κ1) is 41.9. The minimum absolute atomic E-state index is 0.0487. The van der Waals surface area contributed by atoms with Crippen molar-refractivity contribution in [3.05, 3.63) is 59.2 Å². The number of nitrogens with one attached hydrogen (secondary N) is 4. The molecule has 4 bridgehead atoms. The number of esters is 4. The van der Waals surface area contributed by atoms with Crippen molar-refractivity contribution in [1.82, 2.24) is 31.2 Å². The minimum Gasteiger partial charge on any atom is -0.467 e. The van der Waals surface area contributed by atoms with Crippen LogP contribution in [0.2, 0.25) is 0 Å². The highest BCUT2D eigenvalue weighted by Gasteiger charge is 2.29. The summed E-state index contributed by atoms with van der Waals surface area (Å²) in [5.41, 5.74) is -0.881. The maximum absolute atomic E-state index is 13.1. The Morgan fingerprint density at radius 2 is 0.692 bits per heavy atom. The van der Waals surface area contributed by atoms with Gasteiger partial charge in [-0.1, -0.05) is 55.3 Å². The Morgan fingerprint density at radius 1 is 0.481 bits per heavy atom. The molecule has 0 fully saturated rings. The van der Waals surface area contributed by atoms with Gasteiger partial charge in [0.25, 0.3) is 23.6 Å². The Balaban J connectivity index is 1.93. The topological polar surface area (TPSA) is 247 Å². The van der Waals surface area contributed by atoms with Crippen molar-refractivity contribution >= 4 is 90.7 Å². The van der Waals surface area contributed by atoms with E-state index in [1.807, 2.05) is 0 Å². The van der Waals surface area contributed by atoms with E-state index in [0.717, 1.165) is 71.6 Å². The molecule has 0 saturated heterocycles. The molecule has 0 radical (unpaired) electrons. The van der Waals surface area contributed by atoms with Gasteiger partial charge in [-0.2, -0.15) is 0 Å². The van der Waals surface area contributed by atoms with E-state index >= 15 is 0 Å². The van der Waals surface area contributed by atoms with E-state index in [0.29, 0.717) is 0 Å². The summed E-state index contributed by atoms with van der Waals surface area (Å²) in [7, 11) is 8.81. The summed E-state index contributed by atoms with van der Waals surface area (Å²) in [5, 5.41) is 10.0. The summed E-state index contributed by atoms with van der Waals surface area (Å²) in [6.07, 6.45) is 0. The maximum atomic E-state index is 13.1. The number of methoxy groups -OCH3 is 4. The molecule has 2 unspecified atom stereocenters. The molecule has 4 amide bonds. The molecule has 18 nitrogen and oxygen atoms in total. The Kier molecular flexibility index (Phi) is 17.0. The summed E-state index contributed by atoms with van der Waals surface area (Å²) in [6.45, 7) is 0. The second-order valence-electron chi connectivity index (χ2n) is 10.2. The van der Waals surface area contributed by atoms with Crippen LogP contribution >= 0.6 is 43.2 Å². The summed E-state index contributed by atoms with van der Waals surface area (Å²) >= 11 is 0. The zero-order valence-electron chi connectivity index (χ0n) is 28.0. The fourth-order valence-electron chi connectivity index (χ4n) is 4.01. The SMILES string of the molecule is COC(=O)C1CSSC[C@@H](C(=O)OC)NC(=O)c2cccc(n2)C(=O)NC(C(=O)OC)CSSC[C@@H](C(=O)OC)NC(=O)c2cccc(n2)C(=O)N1. The largest absolute Gasteiger partial charge is 0.467 e. The lowest BCUT2D eigenvalue weighted by molar-refractivity contribution is -0.143. The smallest absolute Gasteiger partial charge is 0.329 e. The lowest BCUT2D eigenvalue weighted by Gasteiger charge is -2.19. The highest BCUT2D eigenvalue weighted by Crippen LogP contribution is 2.25. The van der Waals surface area contributed by atoms with Crippen LogP contribution in [0.15, 0.2) is 36.4 Å². The van der Waals surface area contributed by atoms with E-state index in [2.05, 4.69) is 31.2 Å². The van der Waals surface area contributed by atoms with Crippen LogP contribution in [0, 0.1) is 0 Å². The van der Waals surface area contributed by atoms with Gasteiger partial charge in [-0.05, 0) is 24.3 Å². The van der Waals surface area contributed by atoms with Crippen LogP contribution in [0.1, 0.15) is 42.0 Å². The first-order valence-corrected chi connectivity index (χ1v) is 19.9. The molecule has 4 atom stereocenters. The molecular formula is C30H34N6O12S4. The van der Waals surface area contributed by atoms with Crippen LogP contribution in [0.25, 0.3) is 0 Å². The zero-order chi connectivity index (χ0) is 38.2. The molecule has 0 aromatic carbocycles. The quantitative estimate of drug-likeness (QED) is 0.181. The average molecular weight is 799 g/mol. The maximum Gasteiger partial charge on any atom is 0.329 e. The monoisotopic (exact) mass is 798 g/mol. The van der Waals surface area contributed by atoms with Crippen molar-refractivity contribution < 1.29 is 57.3 Å². The van der Waals surface area contributed by atoms with E-state index in [1.54, 1.807) is 0 Å².